The molecule has 0 aromatic carbocycles. The highest BCUT2D eigenvalue weighted by Gasteiger charge is 2.15. The van der Waals surface area contributed by atoms with Crippen molar-refractivity contribution in [3.63, 3.8) is 0 Å². The largest absolute Gasteiger partial charge is 0.336 e. The van der Waals surface area contributed by atoms with E-state index in [4.69, 9.17) is 5.73 Å². The topological polar surface area (TPSA) is 55.0 Å². The van der Waals surface area contributed by atoms with Gasteiger partial charge in [-0.05, 0) is 36.8 Å². The Labute approximate surface area is 124 Å². The van der Waals surface area contributed by atoms with E-state index in [-0.39, 0.29) is 12.1 Å². The van der Waals surface area contributed by atoms with E-state index in [1.54, 1.807) is 11.3 Å². The molecule has 2 aromatic rings. The molecule has 2 rings (SSSR count). The highest BCUT2D eigenvalue weighted by atomic mass is 32.1. The van der Waals surface area contributed by atoms with Crippen molar-refractivity contribution in [3.8, 4) is 0 Å². The molecular formula is C15H22N4S. The van der Waals surface area contributed by atoms with Gasteiger partial charge < -0.3 is 10.6 Å². The number of rotatable bonds is 6. The van der Waals surface area contributed by atoms with E-state index in [0.717, 1.165) is 24.4 Å². The lowest BCUT2D eigenvalue weighted by atomic mass is 10.1. The molecule has 2 aromatic heterocycles. The molecule has 0 aliphatic heterocycles. The molecule has 0 radical (unpaired) electrons. The first-order chi connectivity index (χ1) is 9.61. The van der Waals surface area contributed by atoms with Gasteiger partial charge in [-0.1, -0.05) is 13.0 Å². The summed E-state index contributed by atoms with van der Waals surface area (Å²) >= 11 is 1.75. The molecule has 2 heterocycles. The second-order valence-corrected chi connectivity index (χ2v) is 6.05. The maximum Gasteiger partial charge on any atom is 0.225 e. The molecular weight excluding hydrogens is 268 g/mol. The van der Waals surface area contributed by atoms with Crippen molar-refractivity contribution in [3.05, 3.63) is 40.3 Å². The van der Waals surface area contributed by atoms with Crippen molar-refractivity contribution in [2.45, 2.75) is 38.8 Å². The summed E-state index contributed by atoms with van der Waals surface area (Å²) in [7, 11) is 2.02. The van der Waals surface area contributed by atoms with Gasteiger partial charge in [0.05, 0.1) is 6.04 Å². The fourth-order valence-electron chi connectivity index (χ4n) is 1.98. The molecule has 0 amide bonds. The van der Waals surface area contributed by atoms with Gasteiger partial charge >= 0.3 is 0 Å². The van der Waals surface area contributed by atoms with E-state index >= 15 is 0 Å². The van der Waals surface area contributed by atoms with Gasteiger partial charge in [-0.15, -0.1) is 11.3 Å². The van der Waals surface area contributed by atoms with Crippen LogP contribution < -0.4 is 10.6 Å². The molecule has 0 aliphatic rings. The van der Waals surface area contributed by atoms with E-state index in [2.05, 4.69) is 46.2 Å². The van der Waals surface area contributed by atoms with Crippen LogP contribution >= 0.6 is 11.3 Å². The molecule has 0 saturated heterocycles. The zero-order valence-corrected chi connectivity index (χ0v) is 13.1. The van der Waals surface area contributed by atoms with Gasteiger partial charge in [0.15, 0.2) is 0 Å². The average Bonchev–Trinajstić information content (AvgIpc) is 3.00. The van der Waals surface area contributed by atoms with Crippen molar-refractivity contribution < 1.29 is 0 Å². The fourth-order valence-corrected chi connectivity index (χ4v) is 2.80. The molecule has 2 unspecified atom stereocenters. The number of thiophene rings is 1. The number of hydrogen-bond acceptors (Lipinski definition) is 5. The number of nitrogens with two attached hydrogens (primary N) is 1. The summed E-state index contributed by atoms with van der Waals surface area (Å²) in [5.74, 6) is 0.750. The van der Waals surface area contributed by atoms with E-state index in [9.17, 15) is 0 Å². The van der Waals surface area contributed by atoms with Gasteiger partial charge in [0, 0.05) is 30.4 Å². The van der Waals surface area contributed by atoms with Gasteiger partial charge in [-0.3, -0.25) is 0 Å². The van der Waals surface area contributed by atoms with Crippen molar-refractivity contribution in [2.24, 2.45) is 5.73 Å². The third kappa shape index (κ3) is 3.55. The van der Waals surface area contributed by atoms with Crippen LogP contribution in [0.25, 0.3) is 0 Å². The van der Waals surface area contributed by atoms with Crippen LogP contribution in [0.2, 0.25) is 0 Å². The Morgan fingerprint density at radius 2 is 2.05 bits per heavy atom. The molecule has 0 spiro atoms. The minimum absolute atomic E-state index is 0.187. The third-order valence-electron chi connectivity index (χ3n) is 3.57. The van der Waals surface area contributed by atoms with Crippen LogP contribution in [-0.4, -0.2) is 23.1 Å². The minimum atomic E-state index is 0.187. The van der Waals surface area contributed by atoms with Gasteiger partial charge in [0.2, 0.25) is 5.95 Å². The summed E-state index contributed by atoms with van der Waals surface area (Å²) < 4.78 is 0. The Morgan fingerprint density at radius 1 is 1.35 bits per heavy atom. The zero-order valence-electron chi connectivity index (χ0n) is 12.3. The predicted octanol–water partition coefficient (Wildman–Crippen LogP) is 3.02. The first-order valence-corrected chi connectivity index (χ1v) is 7.82. The first kappa shape index (κ1) is 14.9. The third-order valence-corrected chi connectivity index (χ3v) is 4.61. The average molecular weight is 290 g/mol. The zero-order chi connectivity index (χ0) is 14.5. The van der Waals surface area contributed by atoms with E-state index in [1.807, 2.05) is 19.4 Å². The van der Waals surface area contributed by atoms with Crippen LogP contribution in [0.5, 0.6) is 0 Å². The fraction of sp³-hybridized carbons (Fsp3) is 0.467. The normalized spacial score (nSPS) is 14.0. The lowest BCUT2D eigenvalue weighted by Crippen LogP contribution is -2.24. The Kier molecular flexibility index (Phi) is 5.09. The Hall–Kier alpha value is -1.46. The lowest BCUT2D eigenvalue weighted by molar-refractivity contribution is 0.642. The maximum absolute atomic E-state index is 5.95. The monoisotopic (exact) mass is 290 g/mol. The molecule has 0 bridgehead atoms. The molecule has 0 saturated carbocycles. The summed E-state index contributed by atoms with van der Waals surface area (Å²) in [5.41, 5.74) is 7.05. The molecule has 20 heavy (non-hydrogen) atoms. The Morgan fingerprint density at radius 3 is 2.60 bits per heavy atom. The van der Waals surface area contributed by atoms with Crippen LogP contribution in [-0.2, 0) is 6.42 Å². The Bertz CT molecular complexity index is 509. The van der Waals surface area contributed by atoms with Crippen LogP contribution in [0.15, 0.2) is 29.9 Å². The quantitative estimate of drug-likeness (QED) is 0.888. The van der Waals surface area contributed by atoms with Gasteiger partial charge in [-0.2, -0.15) is 0 Å². The van der Waals surface area contributed by atoms with E-state index in [0.29, 0.717) is 0 Å². The van der Waals surface area contributed by atoms with E-state index in [1.165, 1.54) is 4.88 Å². The van der Waals surface area contributed by atoms with Crippen LogP contribution in [0.4, 0.5) is 5.95 Å². The van der Waals surface area contributed by atoms with Crippen molar-refractivity contribution in [2.75, 3.05) is 11.9 Å². The summed E-state index contributed by atoms with van der Waals surface area (Å²) in [6.07, 6.45) is 5.57. The highest BCUT2D eigenvalue weighted by Crippen LogP contribution is 2.25. The molecule has 4 nitrogen and oxygen atoms in total. The highest BCUT2D eigenvalue weighted by molar-refractivity contribution is 7.10. The first-order valence-electron chi connectivity index (χ1n) is 6.94. The van der Waals surface area contributed by atoms with Crippen molar-refractivity contribution in [1.82, 2.24) is 9.97 Å². The smallest absolute Gasteiger partial charge is 0.225 e. The molecule has 2 atom stereocenters. The van der Waals surface area contributed by atoms with Gasteiger partial charge in [0.25, 0.3) is 0 Å². The summed E-state index contributed by atoms with van der Waals surface area (Å²) in [4.78, 5) is 12.3. The summed E-state index contributed by atoms with van der Waals surface area (Å²) in [6.45, 7) is 4.26. The van der Waals surface area contributed by atoms with Crippen LogP contribution in [0.3, 0.4) is 0 Å². The van der Waals surface area contributed by atoms with E-state index < -0.39 is 0 Å². The maximum atomic E-state index is 5.95. The second-order valence-electron chi connectivity index (χ2n) is 5.07. The molecule has 108 valence electrons. The lowest BCUT2D eigenvalue weighted by Gasteiger charge is -2.24. The predicted molar refractivity (Wildman–Crippen MR) is 85.1 cm³/mol. The number of anilines is 1. The van der Waals surface area contributed by atoms with Gasteiger partial charge in [0.1, 0.15) is 0 Å². The van der Waals surface area contributed by atoms with Gasteiger partial charge in [-0.25, -0.2) is 9.97 Å². The van der Waals surface area contributed by atoms with Crippen molar-refractivity contribution in [1.29, 1.82) is 0 Å². The van der Waals surface area contributed by atoms with Crippen molar-refractivity contribution >= 4 is 17.3 Å². The minimum Gasteiger partial charge on any atom is -0.336 e. The Balaban J connectivity index is 2.05. The standard InChI is InChI=1S/C15H22N4S/c1-4-13(16)8-12-9-17-15(18-10-12)19(3)11(2)14-6-5-7-20-14/h5-7,9-11,13H,4,8,16H2,1-3H3. The molecule has 0 aliphatic carbocycles. The number of aromatic nitrogens is 2. The molecule has 2 N–H and O–H groups in total. The second kappa shape index (κ2) is 6.81. The summed E-state index contributed by atoms with van der Waals surface area (Å²) in [5, 5.41) is 2.09. The summed E-state index contributed by atoms with van der Waals surface area (Å²) in [6, 6.07) is 4.67. The molecule has 5 heteroatoms. The van der Waals surface area contributed by atoms with Crippen LogP contribution in [0.1, 0.15) is 36.8 Å². The van der Waals surface area contributed by atoms with Crippen LogP contribution in [0, 0.1) is 0 Å². The SMILES string of the molecule is CCC(N)Cc1cnc(N(C)C(C)c2cccs2)nc1. The number of nitrogens with zero attached hydrogens (tertiary/aromatic N) is 3. The molecule has 0 fully saturated rings. The number of hydrogen-bond donors (Lipinski definition) is 1.